The normalized spacial score (nSPS) is 19.0. The van der Waals surface area contributed by atoms with Gasteiger partial charge in [0.05, 0.1) is 5.56 Å². The summed E-state index contributed by atoms with van der Waals surface area (Å²) in [6, 6.07) is 4.79. The summed E-state index contributed by atoms with van der Waals surface area (Å²) in [4.78, 5) is 12.2. The number of rotatable bonds is 5. The van der Waals surface area contributed by atoms with Gasteiger partial charge in [-0.2, -0.15) is 13.2 Å². The first-order valence-electron chi connectivity index (χ1n) is 9.49. The van der Waals surface area contributed by atoms with Crippen LogP contribution in [0.2, 0.25) is 0 Å². The van der Waals surface area contributed by atoms with E-state index in [0.717, 1.165) is 48.4 Å². The van der Waals surface area contributed by atoms with Crippen LogP contribution in [0.5, 0.6) is 0 Å². The standard InChI is InChI=1S/C19H21F3N4O2S/c20-19(21,22)14-3-1-13(2-4-14)18(7-8-18)11-23-16(27)24-17-26-25-15(29-17)12-5-9-28-10-6-12/h1-4,12H,5-11H2,(H2,23,24,26,27). The lowest BCUT2D eigenvalue weighted by molar-refractivity contribution is -0.137. The van der Waals surface area contributed by atoms with Crippen molar-refractivity contribution < 1.29 is 22.7 Å². The predicted octanol–water partition coefficient (Wildman–Crippen LogP) is 4.30. The summed E-state index contributed by atoms with van der Waals surface area (Å²) in [6.07, 6.45) is -0.901. The molecular weight excluding hydrogens is 405 g/mol. The maximum Gasteiger partial charge on any atom is 0.416 e. The van der Waals surface area contributed by atoms with E-state index in [1.54, 1.807) is 0 Å². The molecule has 2 aromatic rings. The Balaban J connectivity index is 1.31. The van der Waals surface area contributed by atoms with Crippen LogP contribution >= 0.6 is 11.3 Å². The summed E-state index contributed by atoms with van der Waals surface area (Å²) in [6.45, 7) is 1.77. The number of carbonyl (C=O) groups is 1. The summed E-state index contributed by atoms with van der Waals surface area (Å²) in [7, 11) is 0. The van der Waals surface area contributed by atoms with Crippen molar-refractivity contribution in [3.63, 3.8) is 0 Å². The summed E-state index contributed by atoms with van der Waals surface area (Å²) in [5.41, 5.74) is -0.154. The molecule has 156 valence electrons. The molecule has 2 fully saturated rings. The van der Waals surface area contributed by atoms with E-state index in [2.05, 4.69) is 20.8 Å². The molecule has 0 bridgehead atoms. The zero-order valence-corrected chi connectivity index (χ0v) is 16.4. The lowest BCUT2D eigenvalue weighted by Gasteiger charge is -2.19. The molecule has 1 aromatic heterocycles. The SMILES string of the molecule is O=C(NCC1(c2ccc(C(F)(F)F)cc2)CC1)Nc1nnc(C2CCOCC2)s1. The van der Waals surface area contributed by atoms with Gasteiger partial charge in [0.2, 0.25) is 5.13 Å². The van der Waals surface area contributed by atoms with Crippen LogP contribution in [0.1, 0.15) is 47.7 Å². The van der Waals surface area contributed by atoms with E-state index in [0.29, 0.717) is 30.8 Å². The van der Waals surface area contributed by atoms with Gasteiger partial charge in [-0.15, -0.1) is 10.2 Å². The van der Waals surface area contributed by atoms with E-state index in [-0.39, 0.29) is 5.41 Å². The first-order valence-corrected chi connectivity index (χ1v) is 10.3. The number of carbonyl (C=O) groups excluding carboxylic acids is 1. The van der Waals surface area contributed by atoms with Crippen molar-refractivity contribution in [1.29, 1.82) is 0 Å². The Labute approximate surface area is 169 Å². The number of aromatic nitrogens is 2. The van der Waals surface area contributed by atoms with Gasteiger partial charge in [0.15, 0.2) is 0 Å². The van der Waals surface area contributed by atoms with Crippen LogP contribution in [0, 0.1) is 0 Å². The van der Waals surface area contributed by atoms with E-state index in [1.165, 1.54) is 23.5 Å². The number of hydrogen-bond acceptors (Lipinski definition) is 5. The quantitative estimate of drug-likeness (QED) is 0.747. The molecule has 2 N–H and O–H groups in total. The molecule has 1 aliphatic carbocycles. The van der Waals surface area contributed by atoms with Gasteiger partial charge < -0.3 is 10.1 Å². The fraction of sp³-hybridized carbons (Fsp3) is 0.526. The van der Waals surface area contributed by atoms with Crippen molar-refractivity contribution in [3.05, 3.63) is 40.4 Å². The highest BCUT2D eigenvalue weighted by molar-refractivity contribution is 7.15. The highest BCUT2D eigenvalue weighted by Gasteiger charge is 2.44. The van der Waals surface area contributed by atoms with Crippen molar-refractivity contribution >= 4 is 22.5 Å². The third kappa shape index (κ3) is 4.69. The lowest BCUT2D eigenvalue weighted by atomic mass is 9.95. The Morgan fingerprint density at radius 2 is 1.86 bits per heavy atom. The highest BCUT2D eigenvalue weighted by Crippen LogP contribution is 2.48. The van der Waals surface area contributed by atoms with Gasteiger partial charge in [-0.05, 0) is 43.4 Å². The van der Waals surface area contributed by atoms with E-state index in [4.69, 9.17) is 4.74 Å². The van der Waals surface area contributed by atoms with Gasteiger partial charge in [0, 0.05) is 31.1 Å². The Bertz CT molecular complexity index is 859. The second-order valence-corrected chi connectivity index (χ2v) is 8.50. The summed E-state index contributed by atoms with van der Waals surface area (Å²) in [5, 5.41) is 15.0. The second kappa shape index (κ2) is 7.91. The van der Waals surface area contributed by atoms with Gasteiger partial charge >= 0.3 is 12.2 Å². The highest BCUT2D eigenvalue weighted by atomic mass is 32.1. The number of nitrogens with zero attached hydrogens (tertiary/aromatic N) is 2. The molecule has 1 aliphatic heterocycles. The number of ether oxygens (including phenoxy) is 1. The monoisotopic (exact) mass is 426 g/mol. The molecule has 0 radical (unpaired) electrons. The molecule has 2 heterocycles. The zero-order chi connectivity index (χ0) is 20.5. The predicted molar refractivity (Wildman–Crippen MR) is 102 cm³/mol. The van der Waals surface area contributed by atoms with Crippen LogP contribution < -0.4 is 10.6 Å². The van der Waals surface area contributed by atoms with E-state index in [1.807, 2.05) is 0 Å². The number of hydrogen-bond donors (Lipinski definition) is 2. The number of benzene rings is 1. The Morgan fingerprint density at radius 1 is 1.17 bits per heavy atom. The average molecular weight is 426 g/mol. The van der Waals surface area contributed by atoms with Gasteiger partial charge in [0.1, 0.15) is 5.01 Å². The van der Waals surface area contributed by atoms with Crippen LogP contribution in [0.4, 0.5) is 23.1 Å². The minimum Gasteiger partial charge on any atom is -0.381 e. The molecule has 0 atom stereocenters. The molecule has 1 aromatic carbocycles. The van der Waals surface area contributed by atoms with Gasteiger partial charge in [-0.25, -0.2) is 4.79 Å². The Morgan fingerprint density at radius 3 is 2.48 bits per heavy atom. The molecule has 0 spiro atoms. The molecule has 1 saturated carbocycles. The van der Waals surface area contributed by atoms with Crippen LogP contribution in [-0.4, -0.2) is 36.0 Å². The third-order valence-electron chi connectivity index (χ3n) is 5.50. The fourth-order valence-electron chi connectivity index (χ4n) is 3.52. The van der Waals surface area contributed by atoms with Crippen molar-refractivity contribution in [2.75, 3.05) is 25.1 Å². The Kier molecular flexibility index (Phi) is 5.48. The number of halogens is 3. The number of urea groups is 1. The molecule has 4 rings (SSSR count). The largest absolute Gasteiger partial charge is 0.416 e. The maximum atomic E-state index is 12.7. The first-order chi connectivity index (χ1) is 13.9. The molecule has 6 nitrogen and oxygen atoms in total. The van der Waals surface area contributed by atoms with E-state index in [9.17, 15) is 18.0 Å². The molecule has 0 unspecified atom stereocenters. The maximum absolute atomic E-state index is 12.7. The van der Waals surface area contributed by atoms with Crippen LogP contribution in [0.3, 0.4) is 0 Å². The van der Waals surface area contributed by atoms with Gasteiger partial charge in [-0.1, -0.05) is 23.5 Å². The fourth-order valence-corrected chi connectivity index (χ4v) is 4.42. The molecule has 1 saturated heterocycles. The molecule has 2 aliphatic rings. The molecule has 10 heteroatoms. The number of anilines is 1. The molecular formula is C19H21F3N4O2S. The van der Waals surface area contributed by atoms with Crippen LogP contribution in [-0.2, 0) is 16.3 Å². The number of alkyl halides is 3. The van der Waals surface area contributed by atoms with Crippen molar-refractivity contribution in [2.24, 2.45) is 0 Å². The minimum absolute atomic E-state index is 0.296. The van der Waals surface area contributed by atoms with Gasteiger partial charge in [0.25, 0.3) is 0 Å². The summed E-state index contributed by atoms with van der Waals surface area (Å²) < 4.78 is 43.5. The number of amides is 2. The van der Waals surface area contributed by atoms with Crippen molar-refractivity contribution in [1.82, 2.24) is 15.5 Å². The zero-order valence-electron chi connectivity index (χ0n) is 15.6. The van der Waals surface area contributed by atoms with E-state index < -0.39 is 17.8 Å². The number of nitrogens with one attached hydrogen (secondary N) is 2. The van der Waals surface area contributed by atoms with Crippen LogP contribution in [0.25, 0.3) is 0 Å². The van der Waals surface area contributed by atoms with Crippen LogP contribution in [0.15, 0.2) is 24.3 Å². The first kappa shape index (κ1) is 20.1. The summed E-state index contributed by atoms with van der Waals surface area (Å²) in [5.74, 6) is 0.314. The van der Waals surface area contributed by atoms with Crippen molar-refractivity contribution in [3.8, 4) is 0 Å². The molecule has 29 heavy (non-hydrogen) atoms. The smallest absolute Gasteiger partial charge is 0.381 e. The van der Waals surface area contributed by atoms with E-state index >= 15 is 0 Å². The lowest BCUT2D eigenvalue weighted by Crippen LogP contribution is -2.35. The van der Waals surface area contributed by atoms with Crippen molar-refractivity contribution in [2.45, 2.75) is 43.2 Å². The third-order valence-corrected chi connectivity index (χ3v) is 6.50. The molecule has 2 amide bonds. The summed E-state index contributed by atoms with van der Waals surface area (Å²) >= 11 is 1.36. The Hall–Kier alpha value is -2.20. The van der Waals surface area contributed by atoms with Gasteiger partial charge in [-0.3, -0.25) is 5.32 Å². The topological polar surface area (TPSA) is 76.1 Å². The minimum atomic E-state index is -4.35. The second-order valence-electron chi connectivity index (χ2n) is 7.50. The average Bonchev–Trinajstić information content (AvgIpc) is 3.37.